The molecule has 25 heavy (non-hydrogen) atoms. The SMILES string of the molecule is CCCOc1ccc(-c2ccc(-c3cnc(CO)[nH]3)cc2)cc1CC. The Balaban J connectivity index is 1.84. The molecule has 0 radical (unpaired) electrons. The summed E-state index contributed by atoms with van der Waals surface area (Å²) in [6.07, 6.45) is 3.70. The largest absolute Gasteiger partial charge is 0.493 e. The van der Waals surface area contributed by atoms with Crippen LogP contribution in [0.25, 0.3) is 22.4 Å². The highest BCUT2D eigenvalue weighted by Crippen LogP contribution is 2.29. The number of aliphatic hydroxyl groups excluding tert-OH is 1. The lowest BCUT2D eigenvalue weighted by atomic mass is 9.99. The van der Waals surface area contributed by atoms with E-state index in [0.29, 0.717) is 5.82 Å². The van der Waals surface area contributed by atoms with Crippen molar-refractivity contribution in [2.24, 2.45) is 0 Å². The molecule has 0 bridgehead atoms. The monoisotopic (exact) mass is 336 g/mol. The van der Waals surface area contributed by atoms with E-state index in [1.807, 2.05) is 0 Å². The molecule has 2 aromatic carbocycles. The standard InChI is InChI=1S/C21H24N2O2/c1-3-11-25-20-10-9-18(12-15(20)4-2)16-5-7-17(8-6-16)19-13-22-21(14-24)23-19/h5-10,12-13,24H,3-4,11,14H2,1-2H3,(H,22,23). The topological polar surface area (TPSA) is 58.1 Å². The highest BCUT2D eigenvalue weighted by molar-refractivity contribution is 5.70. The number of benzene rings is 2. The Bertz CT molecular complexity index is 822. The molecular formula is C21H24N2O2. The summed E-state index contributed by atoms with van der Waals surface area (Å²) >= 11 is 0. The Morgan fingerprint density at radius 3 is 2.36 bits per heavy atom. The number of rotatable bonds is 7. The molecule has 1 aromatic heterocycles. The first-order chi connectivity index (χ1) is 12.2. The van der Waals surface area contributed by atoms with Crippen molar-refractivity contribution in [3.63, 3.8) is 0 Å². The number of hydrogen-bond donors (Lipinski definition) is 2. The summed E-state index contributed by atoms with van der Waals surface area (Å²) in [5.74, 6) is 1.56. The van der Waals surface area contributed by atoms with Crippen molar-refractivity contribution in [3.8, 4) is 28.1 Å². The van der Waals surface area contributed by atoms with E-state index in [9.17, 15) is 0 Å². The zero-order chi connectivity index (χ0) is 17.6. The van der Waals surface area contributed by atoms with Crippen LogP contribution in [0.1, 0.15) is 31.7 Å². The van der Waals surface area contributed by atoms with E-state index in [2.05, 4.69) is 66.3 Å². The molecule has 0 aliphatic heterocycles. The minimum absolute atomic E-state index is 0.0790. The van der Waals surface area contributed by atoms with Crippen molar-refractivity contribution >= 4 is 0 Å². The van der Waals surface area contributed by atoms with Crippen molar-refractivity contribution in [3.05, 3.63) is 60.0 Å². The van der Waals surface area contributed by atoms with Gasteiger partial charge in [-0.3, -0.25) is 0 Å². The Kier molecular flexibility index (Phi) is 5.51. The molecule has 0 aliphatic carbocycles. The first kappa shape index (κ1) is 17.2. The lowest BCUT2D eigenvalue weighted by Crippen LogP contribution is -1.98. The van der Waals surface area contributed by atoms with Crippen LogP contribution in [0.4, 0.5) is 0 Å². The predicted octanol–water partition coefficient (Wildman–Crippen LogP) is 4.59. The normalized spacial score (nSPS) is 10.8. The Morgan fingerprint density at radius 1 is 1.00 bits per heavy atom. The maximum atomic E-state index is 9.11. The van der Waals surface area contributed by atoms with E-state index in [0.717, 1.165) is 36.5 Å². The van der Waals surface area contributed by atoms with Crippen LogP contribution in [0.15, 0.2) is 48.7 Å². The lowest BCUT2D eigenvalue weighted by molar-refractivity contribution is 0.272. The van der Waals surface area contributed by atoms with Crippen LogP contribution in [-0.2, 0) is 13.0 Å². The Morgan fingerprint density at radius 2 is 1.72 bits per heavy atom. The molecule has 0 saturated heterocycles. The minimum atomic E-state index is -0.0790. The third-order valence-corrected chi connectivity index (χ3v) is 4.21. The highest BCUT2D eigenvalue weighted by atomic mass is 16.5. The zero-order valence-electron chi connectivity index (χ0n) is 14.7. The van der Waals surface area contributed by atoms with E-state index in [1.165, 1.54) is 16.7 Å². The van der Waals surface area contributed by atoms with Crippen LogP contribution in [0.2, 0.25) is 0 Å². The molecule has 2 N–H and O–H groups in total. The van der Waals surface area contributed by atoms with Gasteiger partial charge in [-0.1, -0.05) is 44.2 Å². The summed E-state index contributed by atoms with van der Waals surface area (Å²) < 4.78 is 5.83. The van der Waals surface area contributed by atoms with Gasteiger partial charge in [-0.2, -0.15) is 0 Å². The third-order valence-electron chi connectivity index (χ3n) is 4.21. The van der Waals surface area contributed by atoms with Gasteiger partial charge in [-0.15, -0.1) is 0 Å². The molecule has 4 nitrogen and oxygen atoms in total. The molecule has 1 heterocycles. The summed E-state index contributed by atoms with van der Waals surface area (Å²) in [7, 11) is 0. The molecule has 0 spiro atoms. The van der Waals surface area contributed by atoms with Crippen LogP contribution in [0, 0.1) is 0 Å². The first-order valence-electron chi connectivity index (χ1n) is 8.76. The second-order valence-electron chi connectivity index (χ2n) is 6.00. The lowest BCUT2D eigenvalue weighted by Gasteiger charge is -2.12. The van der Waals surface area contributed by atoms with Gasteiger partial charge in [0, 0.05) is 0 Å². The number of aryl methyl sites for hydroxylation is 1. The number of nitrogens with zero attached hydrogens (tertiary/aromatic N) is 1. The van der Waals surface area contributed by atoms with Gasteiger partial charge in [0.05, 0.1) is 18.5 Å². The van der Waals surface area contributed by atoms with E-state index in [4.69, 9.17) is 9.84 Å². The second kappa shape index (κ2) is 7.99. The molecule has 130 valence electrons. The fourth-order valence-corrected chi connectivity index (χ4v) is 2.82. The number of H-pyrrole nitrogens is 1. The minimum Gasteiger partial charge on any atom is -0.493 e. The maximum Gasteiger partial charge on any atom is 0.132 e. The molecule has 0 saturated carbocycles. The van der Waals surface area contributed by atoms with Crippen molar-refractivity contribution in [1.82, 2.24) is 9.97 Å². The molecule has 0 amide bonds. The van der Waals surface area contributed by atoms with Crippen LogP contribution < -0.4 is 4.74 Å². The molecular weight excluding hydrogens is 312 g/mol. The van der Waals surface area contributed by atoms with Crippen LogP contribution in [0.5, 0.6) is 5.75 Å². The quantitative estimate of drug-likeness (QED) is 0.663. The Hall–Kier alpha value is -2.59. The first-order valence-corrected chi connectivity index (χ1v) is 8.76. The molecule has 3 aromatic rings. The van der Waals surface area contributed by atoms with Crippen LogP contribution >= 0.6 is 0 Å². The van der Waals surface area contributed by atoms with E-state index in [1.54, 1.807) is 6.20 Å². The maximum absolute atomic E-state index is 9.11. The molecule has 0 atom stereocenters. The number of nitrogens with one attached hydrogen (secondary N) is 1. The smallest absolute Gasteiger partial charge is 0.132 e. The van der Waals surface area contributed by atoms with Crippen molar-refractivity contribution in [2.45, 2.75) is 33.3 Å². The zero-order valence-corrected chi connectivity index (χ0v) is 14.7. The van der Waals surface area contributed by atoms with Crippen LogP contribution in [0.3, 0.4) is 0 Å². The van der Waals surface area contributed by atoms with Crippen molar-refractivity contribution in [2.75, 3.05) is 6.61 Å². The van der Waals surface area contributed by atoms with Crippen LogP contribution in [-0.4, -0.2) is 21.7 Å². The van der Waals surface area contributed by atoms with Crippen molar-refractivity contribution in [1.29, 1.82) is 0 Å². The number of ether oxygens (including phenoxy) is 1. The fraction of sp³-hybridized carbons (Fsp3) is 0.286. The molecule has 3 rings (SSSR count). The fourth-order valence-electron chi connectivity index (χ4n) is 2.82. The summed E-state index contributed by atoms with van der Waals surface area (Å²) in [6.45, 7) is 4.94. The van der Waals surface area contributed by atoms with Gasteiger partial charge in [0.1, 0.15) is 18.2 Å². The van der Waals surface area contributed by atoms with Gasteiger partial charge < -0.3 is 14.8 Å². The summed E-state index contributed by atoms with van der Waals surface area (Å²) in [5.41, 5.74) is 5.55. The molecule has 0 fully saturated rings. The second-order valence-corrected chi connectivity index (χ2v) is 6.00. The summed E-state index contributed by atoms with van der Waals surface area (Å²) in [5, 5.41) is 9.11. The van der Waals surface area contributed by atoms with Gasteiger partial charge >= 0.3 is 0 Å². The van der Waals surface area contributed by atoms with E-state index < -0.39 is 0 Å². The Labute approximate surface area is 148 Å². The number of aromatic nitrogens is 2. The number of imidazole rings is 1. The summed E-state index contributed by atoms with van der Waals surface area (Å²) in [4.78, 5) is 7.23. The van der Waals surface area contributed by atoms with Gasteiger partial charge in [-0.25, -0.2) is 4.98 Å². The molecule has 4 heteroatoms. The van der Waals surface area contributed by atoms with Gasteiger partial charge in [0.2, 0.25) is 0 Å². The average molecular weight is 336 g/mol. The average Bonchev–Trinajstić information content (AvgIpc) is 3.15. The third kappa shape index (κ3) is 3.91. The summed E-state index contributed by atoms with van der Waals surface area (Å²) in [6, 6.07) is 14.7. The number of hydrogen-bond acceptors (Lipinski definition) is 3. The van der Waals surface area contributed by atoms with Crippen molar-refractivity contribution < 1.29 is 9.84 Å². The van der Waals surface area contributed by atoms with E-state index in [-0.39, 0.29) is 6.61 Å². The van der Waals surface area contributed by atoms with Gasteiger partial charge in [0.25, 0.3) is 0 Å². The molecule has 0 aliphatic rings. The van der Waals surface area contributed by atoms with Gasteiger partial charge in [0.15, 0.2) is 0 Å². The number of aliphatic hydroxyl groups is 1. The van der Waals surface area contributed by atoms with E-state index >= 15 is 0 Å². The number of aromatic amines is 1. The van der Waals surface area contributed by atoms with Gasteiger partial charge in [-0.05, 0) is 47.2 Å². The predicted molar refractivity (Wildman–Crippen MR) is 101 cm³/mol. The molecule has 0 unspecified atom stereocenters. The highest BCUT2D eigenvalue weighted by Gasteiger charge is 2.07.